The predicted octanol–water partition coefficient (Wildman–Crippen LogP) is 4.89. The lowest BCUT2D eigenvalue weighted by Gasteiger charge is -2.06. The molecular weight excluding hydrogens is 234 g/mol. The molecule has 0 aliphatic rings. The molecule has 0 saturated heterocycles. The van der Waals surface area contributed by atoms with Crippen molar-refractivity contribution in [3.8, 4) is 11.8 Å². The summed E-state index contributed by atoms with van der Waals surface area (Å²) in [5.74, 6) is 0.792. The van der Waals surface area contributed by atoms with Gasteiger partial charge in [0.2, 0.25) is 0 Å². The van der Waals surface area contributed by atoms with Gasteiger partial charge in [-0.1, -0.05) is 38.5 Å². The Bertz CT molecular complexity index is 569. The topological polar surface area (TPSA) is 33.0 Å². The monoisotopic (exact) mass is 255 g/mol. The maximum absolute atomic E-state index is 8.87. The molecule has 0 aromatic heterocycles. The third-order valence-electron chi connectivity index (χ3n) is 2.77. The van der Waals surface area contributed by atoms with Crippen molar-refractivity contribution in [2.24, 2.45) is 0 Å². The third-order valence-corrected chi connectivity index (χ3v) is 2.77. The zero-order valence-corrected chi connectivity index (χ0v) is 12.1. The molecule has 2 rings (SSSR count). The summed E-state index contributed by atoms with van der Waals surface area (Å²) >= 11 is 0. The lowest BCUT2D eigenvalue weighted by molar-refractivity contribution is 0.415. The van der Waals surface area contributed by atoms with Crippen LogP contribution in [-0.2, 0) is 0 Å². The lowest BCUT2D eigenvalue weighted by atomic mass is 9.99. The zero-order chi connectivity index (χ0) is 14.3. The van der Waals surface area contributed by atoms with Crippen molar-refractivity contribution < 1.29 is 4.74 Å². The zero-order valence-electron chi connectivity index (χ0n) is 12.1. The molecule has 1 unspecified atom stereocenters. The van der Waals surface area contributed by atoms with E-state index in [0.717, 1.165) is 22.1 Å². The van der Waals surface area contributed by atoms with Crippen LogP contribution in [0.15, 0.2) is 36.4 Å². The van der Waals surface area contributed by atoms with Crippen LogP contribution < -0.4 is 4.74 Å². The van der Waals surface area contributed by atoms with Gasteiger partial charge in [-0.15, -0.1) is 0 Å². The lowest BCUT2D eigenvalue weighted by Crippen LogP contribution is -1.89. The van der Waals surface area contributed by atoms with Gasteiger partial charge in [-0.25, -0.2) is 0 Å². The van der Waals surface area contributed by atoms with Crippen LogP contribution >= 0.6 is 0 Å². The van der Waals surface area contributed by atoms with Crippen molar-refractivity contribution in [1.29, 1.82) is 5.26 Å². The van der Waals surface area contributed by atoms with Gasteiger partial charge in [0.1, 0.15) is 5.75 Å². The first-order valence-electron chi connectivity index (χ1n) is 6.63. The van der Waals surface area contributed by atoms with Gasteiger partial charge in [0.15, 0.2) is 0 Å². The second kappa shape index (κ2) is 7.43. The van der Waals surface area contributed by atoms with Crippen molar-refractivity contribution in [1.82, 2.24) is 0 Å². The molecule has 0 aliphatic heterocycles. The fourth-order valence-electron chi connectivity index (χ4n) is 1.71. The van der Waals surface area contributed by atoms with Crippen LogP contribution in [0.4, 0.5) is 0 Å². The highest BCUT2D eigenvalue weighted by Crippen LogP contribution is 2.24. The summed E-state index contributed by atoms with van der Waals surface area (Å²) < 4.78 is 5.17. The number of benzene rings is 2. The minimum absolute atomic E-state index is 0.0634. The molecule has 0 heterocycles. The molecule has 2 aromatic carbocycles. The smallest absolute Gasteiger partial charge is 0.119 e. The molecule has 2 heteroatoms. The molecule has 2 nitrogen and oxygen atoms in total. The standard InChI is InChI=1S/C14H13NO.C3H8/c1-10(9-15)11-3-4-13-8-14(16-2)6-5-12(13)7-11;1-3-2/h3-8,10H,1-2H3;3H2,1-2H3. The van der Waals surface area contributed by atoms with Crippen LogP contribution in [0.2, 0.25) is 0 Å². The number of hydrogen-bond acceptors (Lipinski definition) is 2. The highest BCUT2D eigenvalue weighted by molar-refractivity contribution is 5.84. The van der Waals surface area contributed by atoms with E-state index in [1.54, 1.807) is 7.11 Å². The number of methoxy groups -OCH3 is 1. The summed E-state index contributed by atoms with van der Waals surface area (Å²) in [6.07, 6.45) is 1.25. The first-order chi connectivity index (χ1) is 9.15. The molecule has 100 valence electrons. The van der Waals surface area contributed by atoms with E-state index >= 15 is 0 Å². The minimum Gasteiger partial charge on any atom is -0.497 e. The average Bonchev–Trinajstić information content (AvgIpc) is 2.46. The summed E-state index contributed by atoms with van der Waals surface area (Å²) in [4.78, 5) is 0. The van der Waals surface area contributed by atoms with Crippen molar-refractivity contribution in [3.05, 3.63) is 42.0 Å². The van der Waals surface area contributed by atoms with Gasteiger partial charge >= 0.3 is 0 Å². The first kappa shape index (κ1) is 15.0. The molecule has 0 amide bonds. The highest BCUT2D eigenvalue weighted by atomic mass is 16.5. The van der Waals surface area contributed by atoms with Crippen molar-refractivity contribution >= 4 is 10.8 Å². The normalized spacial score (nSPS) is 11.1. The molecule has 19 heavy (non-hydrogen) atoms. The van der Waals surface area contributed by atoms with Gasteiger partial charge in [-0.05, 0) is 41.5 Å². The second-order valence-corrected chi connectivity index (χ2v) is 4.53. The molecule has 0 N–H and O–H groups in total. The van der Waals surface area contributed by atoms with Crippen LogP contribution in [0.1, 0.15) is 38.7 Å². The Balaban J connectivity index is 0.000000550. The maximum atomic E-state index is 8.87. The van der Waals surface area contributed by atoms with Gasteiger partial charge in [-0.3, -0.25) is 0 Å². The van der Waals surface area contributed by atoms with E-state index in [0.29, 0.717) is 0 Å². The highest BCUT2D eigenvalue weighted by Gasteiger charge is 2.04. The average molecular weight is 255 g/mol. The van der Waals surface area contributed by atoms with Crippen molar-refractivity contribution in [3.63, 3.8) is 0 Å². The molecule has 2 aromatic rings. The number of hydrogen-bond donors (Lipinski definition) is 0. The van der Waals surface area contributed by atoms with Crippen LogP contribution in [0.3, 0.4) is 0 Å². The number of nitriles is 1. The number of rotatable bonds is 2. The Kier molecular flexibility index (Phi) is 5.89. The second-order valence-electron chi connectivity index (χ2n) is 4.53. The van der Waals surface area contributed by atoms with E-state index < -0.39 is 0 Å². The third kappa shape index (κ3) is 3.99. The van der Waals surface area contributed by atoms with Crippen LogP contribution in [0, 0.1) is 11.3 Å². The van der Waals surface area contributed by atoms with E-state index in [1.807, 2.05) is 37.3 Å². The number of nitrogens with zero attached hydrogens (tertiary/aromatic N) is 1. The molecule has 0 radical (unpaired) electrons. The maximum Gasteiger partial charge on any atom is 0.119 e. The Morgan fingerprint density at radius 1 is 1.11 bits per heavy atom. The quantitative estimate of drug-likeness (QED) is 0.765. The fourth-order valence-corrected chi connectivity index (χ4v) is 1.71. The van der Waals surface area contributed by atoms with Gasteiger partial charge < -0.3 is 4.74 Å². The van der Waals surface area contributed by atoms with E-state index in [9.17, 15) is 0 Å². The Hall–Kier alpha value is -2.01. The Labute approximate surface area is 115 Å². The molecule has 0 saturated carbocycles. The van der Waals surface area contributed by atoms with Gasteiger partial charge in [0.05, 0.1) is 19.1 Å². The van der Waals surface area contributed by atoms with Gasteiger partial charge in [0.25, 0.3) is 0 Å². The molecule has 0 spiro atoms. The Morgan fingerprint density at radius 3 is 2.26 bits per heavy atom. The van der Waals surface area contributed by atoms with Gasteiger partial charge in [-0.2, -0.15) is 5.26 Å². The van der Waals surface area contributed by atoms with Crippen molar-refractivity contribution in [2.45, 2.75) is 33.1 Å². The molecule has 0 fully saturated rings. The molecule has 1 atom stereocenters. The van der Waals surface area contributed by atoms with E-state index in [2.05, 4.69) is 26.0 Å². The van der Waals surface area contributed by atoms with Crippen LogP contribution in [0.5, 0.6) is 5.75 Å². The summed E-state index contributed by atoms with van der Waals surface area (Å²) in [5.41, 5.74) is 1.06. The summed E-state index contributed by atoms with van der Waals surface area (Å²) in [6, 6.07) is 14.3. The molecule has 0 aliphatic carbocycles. The molecular formula is C17H21NO. The number of fused-ring (bicyclic) bond motifs is 1. The SMILES string of the molecule is CCC.COc1ccc2cc(C(C)C#N)ccc2c1. The Morgan fingerprint density at radius 2 is 1.68 bits per heavy atom. The largest absolute Gasteiger partial charge is 0.497 e. The number of ether oxygens (including phenoxy) is 1. The predicted molar refractivity (Wildman–Crippen MR) is 80.5 cm³/mol. The minimum atomic E-state index is -0.0634. The van der Waals surface area contributed by atoms with Gasteiger partial charge in [0, 0.05) is 0 Å². The van der Waals surface area contributed by atoms with E-state index in [1.165, 1.54) is 6.42 Å². The summed E-state index contributed by atoms with van der Waals surface area (Å²) in [5, 5.41) is 11.1. The fraction of sp³-hybridized carbons (Fsp3) is 0.353. The van der Waals surface area contributed by atoms with Crippen molar-refractivity contribution in [2.75, 3.05) is 7.11 Å². The van der Waals surface area contributed by atoms with Crippen LogP contribution in [-0.4, -0.2) is 7.11 Å². The summed E-state index contributed by atoms with van der Waals surface area (Å²) in [7, 11) is 1.66. The first-order valence-corrected chi connectivity index (χ1v) is 6.63. The van der Waals surface area contributed by atoms with Crippen LogP contribution in [0.25, 0.3) is 10.8 Å². The molecule has 0 bridgehead atoms. The van der Waals surface area contributed by atoms with E-state index in [-0.39, 0.29) is 5.92 Å². The van der Waals surface area contributed by atoms with E-state index in [4.69, 9.17) is 10.00 Å². The summed E-state index contributed by atoms with van der Waals surface area (Å²) in [6.45, 7) is 6.16.